The Balaban J connectivity index is 1.82. The van der Waals surface area contributed by atoms with Gasteiger partial charge in [-0.05, 0) is 50.4 Å². The van der Waals surface area contributed by atoms with Crippen LogP contribution in [0.1, 0.15) is 24.8 Å². The van der Waals surface area contributed by atoms with Gasteiger partial charge in [0.15, 0.2) is 0 Å². The zero-order chi connectivity index (χ0) is 16.2. The van der Waals surface area contributed by atoms with Crippen molar-refractivity contribution in [1.29, 1.82) is 0 Å². The molecule has 5 nitrogen and oxygen atoms in total. The Labute approximate surface area is 137 Å². The van der Waals surface area contributed by atoms with Crippen LogP contribution in [0.15, 0.2) is 23.1 Å². The Kier molecular flexibility index (Phi) is 6.23. The molecule has 0 aromatic heterocycles. The summed E-state index contributed by atoms with van der Waals surface area (Å²) in [6.07, 6.45) is 2.16. The molecule has 1 saturated heterocycles. The molecule has 0 aliphatic carbocycles. The zero-order valence-corrected chi connectivity index (χ0v) is 14.3. The first kappa shape index (κ1) is 17.7. The average Bonchev–Trinajstić information content (AvgIpc) is 2.48. The van der Waals surface area contributed by atoms with Crippen LogP contribution in [0.3, 0.4) is 0 Å². The SMILES string of the molecule is Cc1c(Cl)cccc1S(=O)(=O)NCCCN1CCC(O)CC1. The summed E-state index contributed by atoms with van der Waals surface area (Å²) in [5.41, 5.74) is 0.571. The van der Waals surface area contributed by atoms with Gasteiger partial charge in [0.05, 0.1) is 11.0 Å². The summed E-state index contributed by atoms with van der Waals surface area (Å²) in [5, 5.41) is 9.90. The summed E-state index contributed by atoms with van der Waals surface area (Å²) in [6, 6.07) is 4.89. The number of halogens is 1. The molecular weight excluding hydrogens is 324 g/mol. The van der Waals surface area contributed by atoms with Crippen LogP contribution >= 0.6 is 11.6 Å². The molecule has 0 atom stereocenters. The molecule has 0 bridgehead atoms. The fourth-order valence-corrected chi connectivity index (χ4v) is 4.18. The Bertz CT molecular complexity index is 599. The van der Waals surface area contributed by atoms with Crippen molar-refractivity contribution in [2.45, 2.75) is 37.2 Å². The lowest BCUT2D eigenvalue weighted by Crippen LogP contribution is -2.37. The predicted octanol–water partition coefficient (Wildman–Crippen LogP) is 1.77. The number of nitrogens with zero attached hydrogens (tertiary/aromatic N) is 1. The topological polar surface area (TPSA) is 69.6 Å². The number of hydrogen-bond acceptors (Lipinski definition) is 4. The molecule has 1 aliphatic rings. The number of aliphatic hydroxyl groups excluding tert-OH is 1. The molecule has 2 rings (SSSR count). The average molecular weight is 347 g/mol. The number of piperidine rings is 1. The number of hydrogen-bond donors (Lipinski definition) is 2. The first-order chi connectivity index (χ1) is 10.4. The van der Waals surface area contributed by atoms with E-state index in [1.807, 2.05) is 0 Å². The minimum atomic E-state index is -3.52. The summed E-state index contributed by atoms with van der Waals surface area (Å²) >= 11 is 5.98. The van der Waals surface area contributed by atoms with Crippen molar-refractivity contribution in [3.8, 4) is 0 Å². The number of benzene rings is 1. The molecule has 0 amide bonds. The third-order valence-corrected chi connectivity index (χ3v) is 6.02. The van der Waals surface area contributed by atoms with Crippen molar-refractivity contribution in [2.24, 2.45) is 0 Å². The van der Waals surface area contributed by atoms with Crippen LogP contribution < -0.4 is 4.72 Å². The number of sulfonamides is 1. The summed E-state index contributed by atoms with van der Waals surface area (Å²) in [4.78, 5) is 2.49. The molecule has 2 N–H and O–H groups in total. The highest BCUT2D eigenvalue weighted by atomic mass is 35.5. The fraction of sp³-hybridized carbons (Fsp3) is 0.600. The van der Waals surface area contributed by atoms with Gasteiger partial charge in [0, 0.05) is 24.7 Å². The first-order valence-corrected chi connectivity index (χ1v) is 9.41. The van der Waals surface area contributed by atoms with E-state index in [2.05, 4.69) is 9.62 Å². The second-order valence-electron chi connectivity index (χ2n) is 5.69. The minimum Gasteiger partial charge on any atom is -0.393 e. The molecule has 0 saturated carbocycles. The molecule has 0 spiro atoms. The van der Waals surface area contributed by atoms with Gasteiger partial charge in [0.1, 0.15) is 0 Å². The standard InChI is InChI=1S/C15H23ClN2O3S/c1-12-14(16)4-2-5-15(12)22(20,21)17-8-3-9-18-10-6-13(19)7-11-18/h2,4-5,13,17,19H,3,6-11H2,1H3. The van der Waals surface area contributed by atoms with E-state index < -0.39 is 10.0 Å². The molecule has 1 heterocycles. The molecule has 22 heavy (non-hydrogen) atoms. The van der Waals surface area contributed by atoms with Gasteiger partial charge in [-0.1, -0.05) is 17.7 Å². The number of likely N-dealkylation sites (tertiary alicyclic amines) is 1. The van der Waals surface area contributed by atoms with Crippen molar-refractivity contribution >= 4 is 21.6 Å². The van der Waals surface area contributed by atoms with Crippen molar-refractivity contribution in [2.75, 3.05) is 26.2 Å². The van der Waals surface area contributed by atoms with Gasteiger partial charge in [-0.2, -0.15) is 0 Å². The normalized spacial score (nSPS) is 17.8. The Morgan fingerprint density at radius 3 is 2.73 bits per heavy atom. The highest BCUT2D eigenvalue weighted by Gasteiger charge is 2.19. The van der Waals surface area contributed by atoms with Crippen LogP contribution in [0, 0.1) is 6.92 Å². The van der Waals surface area contributed by atoms with Gasteiger partial charge in [0.2, 0.25) is 10.0 Å². The third kappa shape index (κ3) is 4.67. The van der Waals surface area contributed by atoms with Crippen molar-refractivity contribution < 1.29 is 13.5 Å². The molecule has 1 aromatic carbocycles. The van der Waals surface area contributed by atoms with E-state index in [0.717, 1.165) is 38.9 Å². The number of rotatable bonds is 6. The molecule has 1 aromatic rings. The van der Waals surface area contributed by atoms with Crippen LogP contribution in [0.2, 0.25) is 5.02 Å². The second kappa shape index (κ2) is 7.75. The summed E-state index contributed by atoms with van der Waals surface area (Å²) in [5.74, 6) is 0. The molecular formula is C15H23ClN2O3S. The molecule has 0 radical (unpaired) electrons. The van der Waals surface area contributed by atoms with Crippen LogP contribution in [0.25, 0.3) is 0 Å². The quantitative estimate of drug-likeness (QED) is 0.770. The zero-order valence-electron chi connectivity index (χ0n) is 12.8. The van der Waals surface area contributed by atoms with E-state index in [4.69, 9.17) is 11.6 Å². The maximum atomic E-state index is 12.3. The highest BCUT2D eigenvalue weighted by molar-refractivity contribution is 7.89. The summed E-state index contributed by atoms with van der Waals surface area (Å²) in [6.45, 7) is 4.69. The van der Waals surface area contributed by atoms with Crippen molar-refractivity contribution in [3.63, 3.8) is 0 Å². The van der Waals surface area contributed by atoms with Crippen LogP contribution in [0.4, 0.5) is 0 Å². The van der Waals surface area contributed by atoms with Gasteiger partial charge >= 0.3 is 0 Å². The molecule has 124 valence electrons. The maximum Gasteiger partial charge on any atom is 0.240 e. The number of aliphatic hydroxyl groups is 1. The molecule has 7 heteroatoms. The highest BCUT2D eigenvalue weighted by Crippen LogP contribution is 2.22. The van der Waals surface area contributed by atoms with Gasteiger partial charge in [-0.25, -0.2) is 13.1 Å². The van der Waals surface area contributed by atoms with Crippen LogP contribution in [-0.4, -0.2) is 50.7 Å². The van der Waals surface area contributed by atoms with Gasteiger partial charge in [0.25, 0.3) is 0 Å². The molecule has 0 unspecified atom stereocenters. The Morgan fingerprint density at radius 1 is 1.36 bits per heavy atom. The lowest BCUT2D eigenvalue weighted by Gasteiger charge is -2.29. The van der Waals surface area contributed by atoms with Crippen molar-refractivity contribution in [1.82, 2.24) is 9.62 Å². The van der Waals surface area contributed by atoms with Gasteiger partial charge in [-0.3, -0.25) is 0 Å². The van der Waals surface area contributed by atoms with Gasteiger partial charge < -0.3 is 10.0 Å². The maximum absolute atomic E-state index is 12.3. The van der Waals surface area contributed by atoms with E-state index in [1.54, 1.807) is 25.1 Å². The van der Waals surface area contributed by atoms with E-state index in [-0.39, 0.29) is 11.0 Å². The van der Waals surface area contributed by atoms with Crippen molar-refractivity contribution in [3.05, 3.63) is 28.8 Å². The monoisotopic (exact) mass is 346 g/mol. The minimum absolute atomic E-state index is 0.180. The number of nitrogens with one attached hydrogen (secondary N) is 1. The fourth-order valence-electron chi connectivity index (χ4n) is 2.61. The van der Waals surface area contributed by atoms with E-state index >= 15 is 0 Å². The second-order valence-corrected chi connectivity index (χ2v) is 7.83. The first-order valence-electron chi connectivity index (χ1n) is 7.55. The smallest absolute Gasteiger partial charge is 0.240 e. The molecule has 1 fully saturated rings. The lowest BCUT2D eigenvalue weighted by molar-refractivity contribution is 0.0823. The lowest BCUT2D eigenvalue weighted by atomic mass is 10.1. The summed E-state index contributed by atoms with van der Waals surface area (Å²) < 4.78 is 27.2. The van der Waals surface area contributed by atoms with Crippen LogP contribution in [0.5, 0.6) is 0 Å². The largest absolute Gasteiger partial charge is 0.393 e. The Hall–Kier alpha value is -0.660. The van der Waals surface area contributed by atoms with Crippen LogP contribution in [-0.2, 0) is 10.0 Å². The van der Waals surface area contributed by atoms with E-state index in [0.29, 0.717) is 17.1 Å². The van der Waals surface area contributed by atoms with E-state index in [9.17, 15) is 13.5 Å². The molecule has 1 aliphatic heterocycles. The Morgan fingerprint density at radius 2 is 2.05 bits per heavy atom. The third-order valence-electron chi connectivity index (χ3n) is 4.01. The van der Waals surface area contributed by atoms with E-state index in [1.165, 1.54) is 0 Å². The predicted molar refractivity (Wildman–Crippen MR) is 87.7 cm³/mol. The summed E-state index contributed by atoms with van der Waals surface area (Å²) in [7, 11) is -3.52. The van der Waals surface area contributed by atoms with Gasteiger partial charge in [-0.15, -0.1) is 0 Å².